The van der Waals surface area contributed by atoms with E-state index in [1.165, 1.54) is 0 Å². The number of ether oxygens (including phenoxy) is 1. The lowest BCUT2D eigenvalue weighted by Gasteiger charge is -2.11. The number of amides is 1. The number of hydrogen-bond acceptors (Lipinski definition) is 4. The number of halogens is 1. The molecule has 2 rings (SSSR count). The van der Waals surface area contributed by atoms with E-state index in [4.69, 9.17) is 4.74 Å². The normalized spacial score (nSPS) is 12.4. The van der Waals surface area contributed by atoms with Crippen LogP contribution in [0.25, 0.3) is 0 Å². The van der Waals surface area contributed by atoms with Crippen LogP contribution in [0.15, 0.2) is 23.1 Å². The fourth-order valence-electron chi connectivity index (χ4n) is 1.66. The van der Waals surface area contributed by atoms with E-state index >= 15 is 0 Å². The number of nitrogens with zero attached hydrogens (tertiary/aromatic N) is 4. The Labute approximate surface area is 125 Å². The minimum Gasteiger partial charge on any atom is -0.362 e. The van der Waals surface area contributed by atoms with Crippen LogP contribution >= 0.6 is 15.9 Å². The number of methoxy groups -OCH3 is 1. The third-order valence-electron chi connectivity index (χ3n) is 2.80. The van der Waals surface area contributed by atoms with Gasteiger partial charge in [0.15, 0.2) is 0 Å². The molecule has 1 amide bonds. The first-order valence-corrected chi connectivity index (χ1v) is 6.84. The van der Waals surface area contributed by atoms with Crippen molar-refractivity contribution in [2.24, 2.45) is 0 Å². The lowest BCUT2D eigenvalue weighted by molar-refractivity contribution is -0.119. The molecule has 0 radical (unpaired) electrons. The molecule has 0 spiro atoms. The largest absolute Gasteiger partial charge is 0.362 e. The predicted molar refractivity (Wildman–Crippen MR) is 77.2 cm³/mol. The van der Waals surface area contributed by atoms with Crippen molar-refractivity contribution in [3.8, 4) is 0 Å². The second kappa shape index (κ2) is 6.19. The maximum absolute atomic E-state index is 12.1. The monoisotopic (exact) mass is 341 g/mol. The maximum atomic E-state index is 12.1. The van der Waals surface area contributed by atoms with Gasteiger partial charge in [0.2, 0.25) is 5.91 Å². The zero-order valence-corrected chi connectivity index (χ0v) is 13.1. The van der Waals surface area contributed by atoms with Gasteiger partial charge in [-0.05, 0) is 29.8 Å². The predicted octanol–water partition coefficient (Wildman–Crippen LogP) is 1.95. The van der Waals surface area contributed by atoms with Crippen LogP contribution in [0, 0.1) is 6.92 Å². The molecule has 2 aromatic heterocycles. The van der Waals surface area contributed by atoms with Crippen LogP contribution in [-0.2, 0) is 16.3 Å². The van der Waals surface area contributed by atoms with Crippen LogP contribution < -0.4 is 5.32 Å². The molecule has 0 saturated heterocycles. The van der Waals surface area contributed by atoms with E-state index in [2.05, 4.69) is 31.4 Å². The second-order valence-corrected chi connectivity index (χ2v) is 5.25. The number of carbonyl (C=O) groups is 1. The number of nitrogens with one attached hydrogen (secondary N) is 1. The molecule has 0 aliphatic carbocycles. The Balaban J connectivity index is 2.03. The van der Waals surface area contributed by atoms with Crippen molar-refractivity contribution in [2.45, 2.75) is 26.6 Å². The van der Waals surface area contributed by atoms with Gasteiger partial charge in [0.1, 0.15) is 12.8 Å². The van der Waals surface area contributed by atoms with Crippen LogP contribution in [0.5, 0.6) is 0 Å². The average molecular weight is 342 g/mol. The Hall–Kier alpha value is -1.67. The summed E-state index contributed by atoms with van der Waals surface area (Å²) in [6, 6.07) is -0.411. The zero-order chi connectivity index (χ0) is 14.7. The van der Waals surface area contributed by atoms with Crippen molar-refractivity contribution in [3.05, 3.63) is 28.8 Å². The molecule has 0 bridgehead atoms. The van der Waals surface area contributed by atoms with Gasteiger partial charge in [0, 0.05) is 13.3 Å². The topological polar surface area (TPSA) is 74.0 Å². The van der Waals surface area contributed by atoms with E-state index in [1.54, 1.807) is 42.0 Å². The highest BCUT2D eigenvalue weighted by molar-refractivity contribution is 9.10. The van der Waals surface area contributed by atoms with E-state index in [-0.39, 0.29) is 5.91 Å². The molecule has 1 N–H and O–H groups in total. The minimum atomic E-state index is -0.411. The number of rotatable bonds is 5. The van der Waals surface area contributed by atoms with Gasteiger partial charge in [0.05, 0.1) is 28.2 Å². The van der Waals surface area contributed by atoms with Crippen LogP contribution in [0.1, 0.15) is 18.7 Å². The Morgan fingerprint density at radius 1 is 1.55 bits per heavy atom. The molecule has 2 aromatic rings. The van der Waals surface area contributed by atoms with E-state index in [0.717, 1.165) is 10.2 Å². The standard InChI is InChI=1S/C12H16BrN5O2/c1-8-11(13)6-18(16-8)9(2)12(19)15-10-4-14-17(5-10)7-20-3/h4-6,9H,7H2,1-3H3,(H,15,19)/t9-/m0/s1. The third-order valence-corrected chi connectivity index (χ3v) is 3.57. The molecule has 0 fully saturated rings. The first-order valence-electron chi connectivity index (χ1n) is 6.04. The van der Waals surface area contributed by atoms with Crippen LogP contribution in [-0.4, -0.2) is 32.6 Å². The highest BCUT2D eigenvalue weighted by atomic mass is 79.9. The Morgan fingerprint density at radius 2 is 2.30 bits per heavy atom. The van der Waals surface area contributed by atoms with E-state index in [9.17, 15) is 4.79 Å². The summed E-state index contributed by atoms with van der Waals surface area (Å²) in [5.41, 5.74) is 1.47. The van der Waals surface area contributed by atoms with Crippen molar-refractivity contribution in [3.63, 3.8) is 0 Å². The molecule has 0 unspecified atom stereocenters. The van der Waals surface area contributed by atoms with Crippen molar-refractivity contribution in [2.75, 3.05) is 12.4 Å². The third kappa shape index (κ3) is 3.26. The summed E-state index contributed by atoms with van der Waals surface area (Å²) in [5, 5.41) is 11.1. The summed E-state index contributed by atoms with van der Waals surface area (Å²) in [5.74, 6) is -0.156. The summed E-state index contributed by atoms with van der Waals surface area (Å²) in [4.78, 5) is 12.1. The van der Waals surface area contributed by atoms with E-state index in [0.29, 0.717) is 12.4 Å². The first-order chi connectivity index (χ1) is 9.51. The van der Waals surface area contributed by atoms with Gasteiger partial charge >= 0.3 is 0 Å². The summed E-state index contributed by atoms with van der Waals surface area (Å²) in [6.07, 6.45) is 5.07. The Morgan fingerprint density at radius 3 is 2.90 bits per heavy atom. The maximum Gasteiger partial charge on any atom is 0.249 e. The quantitative estimate of drug-likeness (QED) is 0.901. The van der Waals surface area contributed by atoms with Crippen LogP contribution in [0.3, 0.4) is 0 Å². The zero-order valence-electron chi connectivity index (χ0n) is 11.5. The van der Waals surface area contributed by atoms with Crippen molar-refractivity contribution in [1.29, 1.82) is 0 Å². The number of aryl methyl sites for hydroxylation is 1. The fraction of sp³-hybridized carbons (Fsp3) is 0.417. The van der Waals surface area contributed by atoms with Crippen molar-refractivity contribution < 1.29 is 9.53 Å². The molecule has 20 heavy (non-hydrogen) atoms. The number of aromatic nitrogens is 4. The summed E-state index contributed by atoms with van der Waals surface area (Å²) in [7, 11) is 1.58. The van der Waals surface area contributed by atoms with E-state index in [1.807, 2.05) is 6.92 Å². The van der Waals surface area contributed by atoms with Crippen LogP contribution in [0.4, 0.5) is 5.69 Å². The van der Waals surface area contributed by atoms with Gasteiger partial charge in [0.25, 0.3) is 0 Å². The lowest BCUT2D eigenvalue weighted by atomic mass is 10.3. The molecule has 7 nitrogen and oxygen atoms in total. The lowest BCUT2D eigenvalue weighted by Crippen LogP contribution is -2.23. The molecule has 1 atom stereocenters. The fourth-order valence-corrected chi connectivity index (χ4v) is 1.94. The van der Waals surface area contributed by atoms with E-state index < -0.39 is 6.04 Å². The van der Waals surface area contributed by atoms with Gasteiger partial charge in [-0.2, -0.15) is 10.2 Å². The SMILES string of the molecule is COCn1cc(NC(=O)[C@H](C)n2cc(Br)c(C)n2)cn1. The molecule has 0 aliphatic rings. The van der Waals surface area contributed by atoms with Crippen molar-refractivity contribution in [1.82, 2.24) is 19.6 Å². The van der Waals surface area contributed by atoms with Gasteiger partial charge in [-0.1, -0.05) is 0 Å². The molecular formula is C12H16BrN5O2. The summed E-state index contributed by atoms with van der Waals surface area (Å²) in [6.45, 7) is 4.00. The van der Waals surface area contributed by atoms with Gasteiger partial charge in [-0.25, -0.2) is 4.68 Å². The Kier molecular flexibility index (Phi) is 4.56. The molecular weight excluding hydrogens is 326 g/mol. The van der Waals surface area contributed by atoms with Gasteiger partial charge in [-0.15, -0.1) is 0 Å². The molecule has 0 saturated carbocycles. The second-order valence-electron chi connectivity index (χ2n) is 4.39. The number of hydrogen-bond donors (Lipinski definition) is 1. The van der Waals surface area contributed by atoms with Crippen LogP contribution in [0.2, 0.25) is 0 Å². The van der Waals surface area contributed by atoms with Crippen molar-refractivity contribution >= 4 is 27.5 Å². The Bertz CT molecular complexity index is 587. The minimum absolute atomic E-state index is 0.156. The van der Waals surface area contributed by atoms with Gasteiger partial charge < -0.3 is 10.1 Å². The highest BCUT2D eigenvalue weighted by Gasteiger charge is 2.17. The molecule has 0 aromatic carbocycles. The summed E-state index contributed by atoms with van der Waals surface area (Å²) >= 11 is 3.38. The summed E-state index contributed by atoms with van der Waals surface area (Å²) < 4.78 is 9.04. The number of anilines is 1. The molecule has 108 valence electrons. The molecule has 0 aliphatic heterocycles. The molecule has 8 heteroatoms. The van der Waals surface area contributed by atoms with Gasteiger partial charge in [-0.3, -0.25) is 9.48 Å². The molecule has 2 heterocycles. The first kappa shape index (κ1) is 14.7. The number of carbonyl (C=O) groups excluding carboxylic acids is 1. The average Bonchev–Trinajstić information content (AvgIpc) is 2.97. The smallest absolute Gasteiger partial charge is 0.249 e. The highest BCUT2D eigenvalue weighted by Crippen LogP contribution is 2.17.